The molecule has 1 aromatic heterocycles. The van der Waals surface area contributed by atoms with Gasteiger partial charge in [0, 0.05) is 55.4 Å². The highest BCUT2D eigenvalue weighted by Gasteiger charge is 2.23. The molecule has 29 heavy (non-hydrogen) atoms. The molecule has 5 heteroatoms. The van der Waals surface area contributed by atoms with E-state index in [0.717, 1.165) is 11.3 Å². The Morgan fingerprint density at radius 2 is 1.59 bits per heavy atom. The number of nitrogens with zero attached hydrogens (tertiary/aromatic N) is 2. The van der Waals surface area contributed by atoms with Gasteiger partial charge in [0.1, 0.15) is 5.82 Å². The summed E-state index contributed by atoms with van der Waals surface area (Å²) < 4.78 is 14.1. The zero-order valence-electron chi connectivity index (χ0n) is 16.7. The lowest BCUT2D eigenvalue weighted by molar-refractivity contribution is 0.0674. The third-order valence-electron chi connectivity index (χ3n) is 5.01. The number of hydrogen-bond donors (Lipinski definition) is 1. The number of aryl methyl sites for hydroxylation is 1. The summed E-state index contributed by atoms with van der Waals surface area (Å²) in [6.07, 6.45) is 3.52. The van der Waals surface area contributed by atoms with E-state index in [-0.39, 0.29) is 11.7 Å². The summed E-state index contributed by atoms with van der Waals surface area (Å²) in [5.74, 6) is -0.309. The lowest BCUT2D eigenvalue weighted by Gasteiger charge is -2.37. The average Bonchev–Trinajstić information content (AvgIpc) is 2.83. The Bertz CT molecular complexity index is 955. The SMILES string of the molecule is C=C(C(=C)N1CCN(C(=O)c2ccccc2)CC1)c1c[nH]cc(C)ccc(F)c1. The number of benzene rings is 1. The molecule has 0 atom stereocenters. The molecule has 0 saturated carbocycles. The first-order chi connectivity index (χ1) is 14.0. The van der Waals surface area contributed by atoms with Crippen molar-refractivity contribution >= 4 is 11.5 Å². The van der Waals surface area contributed by atoms with Crippen molar-refractivity contribution in [1.82, 2.24) is 14.8 Å². The molecule has 1 aliphatic heterocycles. The Morgan fingerprint density at radius 3 is 2.28 bits per heavy atom. The van der Waals surface area contributed by atoms with Crippen molar-refractivity contribution in [2.45, 2.75) is 6.92 Å². The fourth-order valence-corrected chi connectivity index (χ4v) is 3.23. The van der Waals surface area contributed by atoms with Crippen LogP contribution in [0.25, 0.3) is 5.57 Å². The van der Waals surface area contributed by atoms with Crippen LogP contribution in [-0.2, 0) is 0 Å². The fourth-order valence-electron chi connectivity index (χ4n) is 3.23. The molecule has 0 bridgehead atoms. The van der Waals surface area contributed by atoms with E-state index in [4.69, 9.17) is 0 Å². The number of H-pyrrole nitrogens is 1. The molecule has 0 spiro atoms. The number of aromatic nitrogens is 1. The van der Waals surface area contributed by atoms with Gasteiger partial charge in [0.05, 0.1) is 0 Å². The highest BCUT2D eigenvalue weighted by molar-refractivity contribution is 5.94. The van der Waals surface area contributed by atoms with Crippen LogP contribution in [0.3, 0.4) is 0 Å². The summed E-state index contributed by atoms with van der Waals surface area (Å²) in [5.41, 5.74) is 3.62. The minimum atomic E-state index is -0.347. The first-order valence-electron chi connectivity index (χ1n) is 9.62. The number of hydrogen-bond acceptors (Lipinski definition) is 2. The third-order valence-corrected chi connectivity index (χ3v) is 5.01. The molecule has 1 aliphatic rings. The Labute approximate surface area is 171 Å². The van der Waals surface area contributed by atoms with Crippen molar-refractivity contribution in [2.75, 3.05) is 26.2 Å². The number of piperazine rings is 1. The van der Waals surface area contributed by atoms with Gasteiger partial charge in [0.25, 0.3) is 5.91 Å². The number of halogens is 1. The summed E-state index contributed by atoms with van der Waals surface area (Å²) in [7, 11) is 0. The highest BCUT2D eigenvalue weighted by atomic mass is 19.1. The van der Waals surface area contributed by atoms with Crippen molar-refractivity contribution in [3.05, 3.63) is 102 Å². The Hall–Kier alpha value is -3.34. The van der Waals surface area contributed by atoms with Crippen molar-refractivity contribution in [3.63, 3.8) is 0 Å². The van der Waals surface area contributed by atoms with Gasteiger partial charge in [-0.2, -0.15) is 0 Å². The molecule has 0 unspecified atom stereocenters. The molecule has 150 valence electrons. The molecule has 2 aromatic rings. The highest BCUT2D eigenvalue weighted by Crippen LogP contribution is 2.23. The number of allylic oxidation sites excluding steroid dienone is 1. The second kappa shape index (κ2) is 9.24. The number of carbonyl (C=O) groups excluding carboxylic acids is 1. The van der Waals surface area contributed by atoms with Crippen LogP contribution >= 0.6 is 0 Å². The Balaban J connectivity index is 1.69. The van der Waals surface area contributed by atoms with E-state index in [1.54, 1.807) is 18.5 Å². The smallest absolute Gasteiger partial charge is 0.253 e. The van der Waals surface area contributed by atoms with Crippen molar-refractivity contribution < 1.29 is 9.18 Å². The Kier molecular flexibility index (Phi) is 6.50. The van der Waals surface area contributed by atoms with E-state index >= 15 is 0 Å². The maximum atomic E-state index is 14.1. The molecule has 2 heterocycles. The quantitative estimate of drug-likeness (QED) is 0.776. The lowest BCUT2D eigenvalue weighted by atomic mass is 10.1. The van der Waals surface area contributed by atoms with Crippen LogP contribution in [0.2, 0.25) is 0 Å². The fraction of sp³-hybridized carbons (Fsp3) is 0.208. The molecule has 4 nitrogen and oxygen atoms in total. The van der Waals surface area contributed by atoms with Gasteiger partial charge < -0.3 is 14.8 Å². The predicted octanol–water partition coefficient (Wildman–Crippen LogP) is 4.57. The number of aromatic amines is 1. The summed E-state index contributed by atoms with van der Waals surface area (Å²) in [4.78, 5) is 19.6. The first-order valence-corrected chi connectivity index (χ1v) is 9.62. The maximum Gasteiger partial charge on any atom is 0.253 e. The third kappa shape index (κ3) is 5.13. The first kappa shape index (κ1) is 20.4. The van der Waals surface area contributed by atoms with Gasteiger partial charge in [-0.15, -0.1) is 0 Å². The Morgan fingerprint density at radius 1 is 0.931 bits per heavy atom. The molecule has 0 aliphatic carbocycles. The topological polar surface area (TPSA) is 39.3 Å². The zero-order valence-corrected chi connectivity index (χ0v) is 16.7. The van der Waals surface area contributed by atoms with E-state index in [1.807, 2.05) is 42.2 Å². The summed E-state index contributed by atoms with van der Waals surface area (Å²) in [5, 5.41) is 0. The van der Waals surface area contributed by atoms with E-state index in [0.29, 0.717) is 42.9 Å². The molecule has 1 aromatic carbocycles. The van der Waals surface area contributed by atoms with Crippen LogP contribution in [0, 0.1) is 12.7 Å². The average molecular weight is 391 g/mol. The number of amides is 1. The van der Waals surface area contributed by atoms with Gasteiger partial charge in [-0.05, 0) is 42.3 Å². The van der Waals surface area contributed by atoms with Crippen molar-refractivity contribution in [2.24, 2.45) is 0 Å². The summed E-state index contributed by atoms with van der Waals surface area (Å²) >= 11 is 0. The van der Waals surface area contributed by atoms with Crippen LogP contribution in [0.15, 0.2) is 79.8 Å². The van der Waals surface area contributed by atoms with Crippen molar-refractivity contribution in [3.8, 4) is 0 Å². The van der Waals surface area contributed by atoms with Crippen LogP contribution in [0.5, 0.6) is 0 Å². The summed E-state index contributed by atoms with van der Waals surface area (Å²) in [6.45, 7) is 12.7. The number of carbonyl (C=O) groups is 1. The van der Waals surface area contributed by atoms with E-state index < -0.39 is 0 Å². The van der Waals surface area contributed by atoms with Crippen LogP contribution < -0.4 is 0 Å². The molecule has 1 saturated heterocycles. The van der Waals surface area contributed by atoms with Crippen molar-refractivity contribution in [1.29, 1.82) is 0 Å². The monoisotopic (exact) mass is 391 g/mol. The van der Waals surface area contributed by atoms with Crippen LogP contribution in [0.4, 0.5) is 4.39 Å². The largest absolute Gasteiger partial charge is 0.368 e. The lowest BCUT2D eigenvalue weighted by Crippen LogP contribution is -2.48. The molecule has 0 radical (unpaired) electrons. The second-order valence-electron chi connectivity index (χ2n) is 7.09. The maximum absolute atomic E-state index is 14.1. The summed E-state index contributed by atoms with van der Waals surface area (Å²) in [6, 6.07) is 13.9. The normalized spacial score (nSPS) is 13.6. The van der Waals surface area contributed by atoms with E-state index in [1.165, 1.54) is 12.1 Å². The molecule has 1 N–H and O–H groups in total. The van der Waals surface area contributed by atoms with Crippen LogP contribution in [0.1, 0.15) is 21.5 Å². The molecule has 1 fully saturated rings. The minimum absolute atomic E-state index is 0.0387. The molecular weight excluding hydrogens is 365 g/mol. The predicted molar refractivity (Wildman–Crippen MR) is 115 cm³/mol. The minimum Gasteiger partial charge on any atom is -0.368 e. The van der Waals surface area contributed by atoms with Gasteiger partial charge in [-0.3, -0.25) is 4.79 Å². The number of rotatable bonds is 4. The van der Waals surface area contributed by atoms with Gasteiger partial charge in [0.2, 0.25) is 0 Å². The van der Waals surface area contributed by atoms with Gasteiger partial charge in [-0.1, -0.05) is 37.4 Å². The molecule has 1 amide bonds. The molecule has 3 rings (SSSR count). The zero-order chi connectivity index (χ0) is 20.8. The standard InChI is InChI=1S/C24H26FN3O/c1-18-9-10-23(25)15-22(17-26-16-18)19(2)20(3)27-11-13-28(14-12-27)24(29)21-7-5-4-6-8-21/h4-10,15-17,26H,2-3,11-14H2,1H3. The van der Waals surface area contributed by atoms with E-state index in [9.17, 15) is 9.18 Å². The second-order valence-corrected chi connectivity index (χ2v) is 7.09. The van der Waals surface area contributed by atoms with E-state index in [2.05, 4.69) is 23.0 Å². The van der Waals surface area contributed by atoms with Crippen LogP contribution in [-0.4, -0.2) is 46.9 Å². The van der Waals surface area contributed by atoms with Gasteiger partial charge >= 0.3 is 0 Å². The molecular formula is C24H26FN3O. The number of nitrogens with one attached hydrogen (secondary N) is 1. The van der Waals surface area contributed by atoms with Gasteiger partial charge in [-0.25, -0.2) is 4.39 Å². The van der Waals surface area contributed by atoms with Gasteiger partial charge in [0.15, 0.2) is 0 Å².